The Kier molecular flexibility index (Phi) is 4.63. The summed E-state index contributed by atoms with van der Waals surface area (Å²) < 4.78 is 4.77. The summed E-state index contributed by atoms with van der Waals surface area (Å²) in [7, 11) is 0. The molecule has 0 radical (unpaired) electrons. The predicted molar refractivity (Wildman–Crippen MR) is 63.3 cm³/mol. The third kappa shape index (κ3) is 2.76. The lowest BCUT2D eigenvalue weighted by molar-refractivity contribution is -0.385. The van der Waals surface area contributed by atoms with E-state index in [1.54, 1.807) is 13.0 Å². The van der Waals surface area contributed by atoms with Crippen LogP contribution in [0.2, 0.25) is 0 Å². The molecule has 0 atom stereocenters. The Bertz CT molecular complexity index is 537. The average molecular weight is 269 g/mol. The van der Waals surface area contributed by atoms with Gasteiger partial charge in [-0.15, -0.1) is 11.6 Å². The first kappa shape index (κ1) is 13.9. The standard InChI is InChI=1S/C11H9ClN2O4/c1-2-18-11(15)7-3-8(5-12)10(14(16)17)9(4-7)6-13/h3-4H,2,5H2,1H3. The number of benzene rings is 1. The topological polar surface area (TPSA) is 93.2 Å². The van der Waals surface area contributed by atoms with Gasteiger partial charge in [0.1, 0.15) is 11.6 Å². The number of carbonyl (C=O) groups is 1. The zero-order valence-electron chi connectivity index (χ0n) is 9.47. The number of carbonyl (C=O) groups excluding carboxylic acids is 1. The monoisotopic (exact) mass is 268 g/mol. The van der Waals surface area contributed by atoms with Crippen LogP contribution in [0, 0.1) is 21.4 Å². The van der Waals surface area contributed by atoms with Crippen LogP contribution in [-0.2, 0) is 10.6 Å². The van der Waals surface area contributed by atoms with Gasteiger partial charge in [-0.05, 0) is 19.1 Å². The van der Waals surface area contributed by atoms with Gasteiger partial charge in [0.15, 0.2) is 0 Å². The second-order valence-electron chi connectivity index (χ2n) is 3.25. The molecule has 18 heavy (non-hydrogen) atoms. The number of nitro groups is 1. The van der Waals surface area contributed by atoms with Gasteiger partial charge in [-0.3, -0.25) is 10.1 Å². The molecule has 0 N–H and O–H groups in total. The summed E-state index contributed by atoms with van der Waals surface area (Å²) in [6, 6.07) is 4.08. The number of nitro benzene ring substituents is 1. The minimum absolute atomic E-state index is 0.0784. The third-order valence-electron chi connectivity index (χ3n) is 2.15. The summed E-state index contributed by atoms with van der Waals surface area (Å²) in [5, 5.41) is 19.7. The fourth-order valence-corrected chi connectivity index (χ4v) is 1.63. The van der Waals surface area contributed by atoms with Crippen LogP contribution < -0.4 is 0 Å². The van der Waals surface area contributed by atoms with E-state index in [4.69, 9.17) is 21.6 Å². The minimum atomic E-state index is -0.689. The zero-order chi connectivity index (χ0) is 13.7. The van der Waals surface area contributed by atoms with E-state index in [1.807, 2.05) is 0 Å². The fourth-order valence-electron chi connectivity index (χ4n) is 1.43. The molecular formula is C11H9ClN2O4. The van der Waals surface area contributed by atoms with Crippen LogP contribution in [0.5, 0.6) is 0 Å². The van der Waals surface area contributed by atoms with Crippen molar-refractivity contribution >= 4 is 23.3 Å². The van der Waals surface area contributed by atoms with Gasteiger partial charge in [0.25, 0.3) is 5.69 Å². The van der Waals surface area contributed by atoms with Gasteiger partial charge in [0.2, 0.25) is 0 Å². The van der Waals surface area contributed by atoms with E-state index in [0.717, 1.165) is 6.07 Å². The Morgan fingerprint density at radius 3 is 2.72 bits per heavy atom. The van der Waals surface area contributed by atoms with E-state index in [0.29, 0.717) is 0 Å². The van der Waals surface area contributed by atoms with Gasteiger partial charge < -0.3 is 4.74 Å². The van der Waals surface area contributed by atoms with Crippen LogP contribution in [0.3, 0.4) is 0 Å². The minimum Gasteiger partial charge on any atom is -0.462 e. The van der Waals surface area contributed by atoms with Crippen molar-refractivity contribution in [2.24, 2.45) is 0 Å². The molecule has 0 aliphatic heterocycles. The van der Waals surface area contributed by atoms with Crippen LogP contribution >= 0.6 is 11.6 Å². The van der Waals surface area contributed by atoms with Crippen molar-refractivity contribution in [3.8, 4) is 6.07 Å². The van der Waals surface area contributed by atoms with Crippen LogP contribution in [0.4, 0.5) is 5.69 Å². The maximum atomic E-state index is 11.5. The quantitative estimate of drug-likeness (QED) is 0.362. The predicted octanol–water partition coefficient (Wildman–Crippen LogP) is 2.38. The first-order valence-electron chi connectivity index (χ1n) is 4.99. The second kappa shape index (κ2) is 5.98. The molecule has 0 amide bonds. The highest BCUT2D eigenvalue weighted by atomic mass is 35.5. The summed E-state index contributed by atoms with van der Waals surface area (Å²) in [5.74, 6) is -0.812. The molecule has 94 valence electrons. The van der Waals surface area contributed by atoms with Gasteiger partial charge in [-0.1, -0.05) is 0 Å². The Balaban J connectivity index is 3.41. The lowest BCUT2D eigenvalue weighted by atomic mass is 10.0. The van der Waals surface area contributed by atoms with E-state index in [9.17, 15) is 14.9 Å². The molecule has 0 bridgehead atoms. The van der Waals surface area contributed by atoms with Gasteiger partial charge >= 0.3 is 5.97 Å². The Labute approximate surface area is 108 Å². The second-order valence-corrected chi connectivity index (χ2v) is 3.52. The molecule has 7 heteroatoms. The molecule has 0 aliphatic carbocycles. The molecule has 0 saturated heterocycles. The van der Waals surface area contributed by atoms with E-state index in [-0.39, 0.29) is 34.9 Å². The molecule has 0 aromatic heterocycles. The molecule has 6 nitrogen and oxygen atoms in total. The van der Waals surface area contributed by atoms with E-state index < -0.39 is 10.9 Å². The maximum Gasteiger partial charge on any atom is 0.338 e. The van der Waals surface area contributed by atoms with Crippen molar-refractivity contribution in [2.45, 2.75) is 12.8 Å². The first-order chi connectivity index (χ1) is 8.54. The van der Waals surface area contributed by atoms with Gasteiger partial charge in [-0.2, -0.15) is 5.26 Å². The normalized spacial score (nSPS) is 9.61. The molecular weight excluding hydrogens is 260 g/mol. The molecule has 0 aliphatic rings. The number of alkyl halides is 1. The van der Waals surface area contributed by atoms with E-state index >= 15 is 0 Å². The number of esters is 1. The lowest BCUT2D eigenvalue weighted by Crippen LogP contribution is -2.07. The molecule has 0 spiro atoms. The third-order valence-corrected chi connectivity index (χ3v) is 2.43. The van der Waals surface area contributed by atoms with Gasteiger partial charge in [0.05, 0.1) is 23.0 Å². The summed E-state index contributed by atoms with van der Waals surface area (Å²) >= 11 is 5.59. The number of nitrogens with zero attached hydrogens (tertiary/aromatic N) is 2. The molecule has 1 rings (SSSR count). The Morgan fingerprint density at radius 1 is 1.61 bits per heavy atom. The Morgan fingerprint density at radius 2 is 2.28 bits per heavy atom. The van der Waals surface area contributed by atoms with Crippen LogP contribution in [0.15, 0.2) is 12.1 Å². The van der Waals surface area contributed by atoms with Crippen molar-refractivity contribution in [2.75, 3.05) is 6.61 Å². The number of halogens is 1. The molecule has 1 aromatic carbocycles. The summed E-state index contributed by atoms with van der Waals surface area (Å²) in [4.78, 5) is 21.7. The van der Waals surface area contributed by atoms with Crippen molar-refractivity contribution in [3.05, 3.63) is 38.9 Å². The highest BCUT2D eigenvalue weighted by molar-refractivity contribution is 6.17. The number of ether oxygens (including phenoxy) is 1. The maximum absolute atomic E-state index is 11.5. The molecule has 0 heterocycles. The average Bonchev–Trinajstić information content (AvgIpc) is 2.36. The van der Waals surface area contributed by atoms with Crippen molar-refractivity contribution in [1.82, 2.24) is 0 Å². The molecule has 0 saturated carbocycles. The number of rotatable bonds is 4. The summed E-state index contributed by atoms with van der Waals surface area (Å²) in [6.07, 6.45) is 0. The number of hydrogen-bond donors (Lipinski definition) is 0. The van der Waals surface area contributed by atoms with E-state index in [1.165, 1.54) is 6.07 Å². The highest BCUT2D eigenvalue weighted by Crippen LogP contribution is 2.27. The first-order valence-corrected chi connectivity index (χ1v) is 5.53. The van der Waals surface area contributed by atoms with Crippen molar-refractivity contribution in [1.29, 1.82) is 5.26 Å². The van der Waals surface area contributed by atoms with Gasteiger partial charge in [-0.25, -0.2) is 4.79 Å². The van der Waals surface area contributed by atoms with Crippen molar-refractivity contribution < 1.29 is 14.5 Å². The highest BCUT2D eigenvalue weighted by Gasteiger charge is 2.23. The summed E-state index contributed by atoms with van der Waals surface area (Å²) in [5.41, 5.74) is -0.389. The summed E-state index contributed by atoms with van der Waals surface area (Å²) in [6.45, 7) is 1.81. The number of nitriles is 1. The molecule has 1 aromatic rings. The van der Waals surface area contributed by atoms with Crippen LogP contribution in [0.1, 0.15) is 28.4 Å². The number of hydrogen-bond acceptors (Lipinski definition) is 5. The van der Waals surface area contributed by atoms with Gasteiger partial charge in [0, 0.05) is 5.56 Å². The largest absolute Gasteiger partial charge is 0.462 e. The van der Waals surface area contributed by atoms with Crippen LogP contribution in [-0.4, -0.2) is 17.5 Å². The molecule has 0 unspecified atom stereocenters. The zero-order valence-corrected chi connectivity index (χ0v) is 10.2. The lowest BCUT2D eigenvalue weighted by Gasteiger charge is -2.05. The smallest absolute Gasteiger partial charge is 0.338 e. The SMILES string of the molecule is CCOC(=O)c1cc(C#N)c([N+](=O)[O-])c(CCl)c1. The Hall–Kier alpha value is -2.13. The fraction of sp³-hybridized carbons (Fsp3) is 0.273. The van der Waals surface area contributed by atoms with Crippen molar-refractivity contribution in [3.63, 3.8) is 0 Å². The van der Waals surface area contributed by atoms with Crippen LogP contribution in [0.25, 0.3) is 0 Å². The molecule has 0 fully saturated rings. The van der Waals surface area contributed by atoms with E-state index in [2.05, 4.69) is 0 Å².